The van der Waals surface area contributed by atoms with Crippen LogP contribution in [0.3, 0.4) is 0 Å². The van der Waals surface area contributed by atoms with Crippen molar-refractivity contribution in [2.45, 2.75) is 73.3 Å². The van der Waals surface area contributed by atoms with Gasteiger partial charge < -0.3 is 14.2 Å². The maximum absolute atomic E-state index is 13.4. The quantitative estimate of drug-likeness (QED) is 0.509. The predicted molar refractivity (Wildman–Crippen MR) is 133 cm³/mol. The largest absolute Gasteiger partial charge is 0.461 e. The van der Waals surface area contributed by atoms with Crippen LogP contribution in [0.1, 0.15) is 62.4 Å². The molecule has 8 nitrogen and oxygen atoms in total. The van der Waals surface area contributed by atoms with E-state index in [0.29, 0.717) is 34.7 Å². The number of imidazole rings is 1. The second kappa shape index (κ2) is 11.6. The molecule has 2 aromatic rings. The summed E-state index contributed by atoms with van der Waals surface area (Å²) in [4.78, 5) is 36.3. The molecule has 1 N–H and O–H groups in total. The molecule has 180 valence electrons. The number of amides is 2. The third-order valence-corrected chi connectivity index (χ3v) is 9.23. The van der Waals surface area contributed by atoms with Crippen molar-refractivity contribution in [1.29, 1.82) is 0 Å². The number of carbonyl (C=O) groups is 2. The van der Waals surface area contributed by atoms with Crippen molar-refractivity contribution in [2.75, 3.05) is 23.4 Å². The molecule has 11 heteroatoms. The van der Waals surface area contributed by atoms with Crippen molar-refractivity contribution in [3.05, 3.63) is 18.1 Å². The summed E-state index contributed by atoms with van der Waals surface area (Å²) in [5.74, 6) is 1.85. The number of nitrogens with one attached hydrogen (secondary N) is 1. The Bertz CT molecular complexity index is 933. The number of nitrogens with zero attached hydrogens (tertiary/aromatic N) is 4. The molecule has 1 saturated heterocycles. The molecule has 2 aliphatic rings. The van der Waals surface area contributed by atoms with Gasteiger partial charge in [-0.2, -0.15) is 11.8 Å². The number of urea groups is 1. The molecule has 1 aliphatic carbocycles. The summed E-state index contributed by atoms with van der Waals surface area (Å²) in [5, 5.41) is 4.33. The molecule has 0 unspecified atom stereocenters. The van der Waals surface area contributed by atoms with Crippen LogP contribution in [0.25, 0.3) is 0 Å². The number of hydrogen-bond donors (Lipinski definition) is 1. The molecule has 2 amide bonds. The molecule has 2 fully saturated rings. The zero-order valence-electron chi connectivity index (χ0n) is 19.1. The lowest BCUT2D eigenvalue weighted by Crippen LogP contribution is -2.51. The minimum atomic E-state index is -0.388. The highest BCUT2D eigenvalue weighted by Gasteiger charge is 2.33. The molecule has 0 radical (unpaired) electrons. The number of hydrogen-bond acceptors (Lipinski definition) is 8. The Balaban J connectivity index is 1.42. The number of thioether (sulfide) groups is 1. The lowest BCUT2D eigenvalue weighted by Gasteiger charge is -2.41. The van der Waals surface area contributed by atoms with Crippen molar-refractivity contribution in [1.82, 2.24) is 19.4 Å². The number of aromatic nitrogens is 3. The van der Waals surface area contributed by atoms with E-state index in [-0.39, 0.29) is 12.0 Å². The van der Waals surface area contributed by atoms with Crippen molar-refractivity contribution in [2.24, 2.45) is 7.05 Å². The SMILES string of the molecule is CCOC(=O)c1cnc(Sc2cnc(NC(=O)N(C3CCCCC3)C3CCSCC3)s2)n1C. The van der Waals surface area contributed by atoms with Gasteiger partial charge in [-0.15, -0.1) is 0 Å². The van der Waals surface area contributed by atoms with E-state index in [1.807, 2.05) is 11.8 Å². The third-order valence-electron chi connectivity index (χ3n) is 6.11. The first kappa shape index (κ1) is 24.4. The fourth-order valence-electron chi connectivity index (χ4n) is 4.44. The molecule has 1 saturated carbocycles. The monoisotopic (exact) mass is 509 g/mol. The van der Waals surface area contributed by atoms with Crippen LogP contribution >= 0.6 is 34.9 Å². The highest BCUT2D eigenvalue weighted by atomic mass is 32.2. The molecular weight excluding hydrogens is 478 g/mol. The Kier molecular flexibility index (Phi) is 8.59. The van der Waals surface area contributed by atoms with Crippen molar-refractivity contribution in [3.63, 3.8) is 0 Å². The summed E-state index contributed by atoms with van der Waals surface area (Å²) in [5.41, 5.74) is 0.408. The van der Waals surface area contributed by atoms with Gasteiger partial charge in [-0.1, -0.05) is 30.6 Å². The molecule has 2 aromatic heterocycles. The first-order valence-corrected chi connectivity index (χ1v) is 14.3. The Morgan fingerprint density at radius 1 is 1.15 bits per heavy atom. The average Bonchev–Trinajstić information content (AvgIpc) is 3.42. The fourth-order valence-corrected chi connectivity index (χ4v) is 7.32. The second-order valence-corrected chi connectivity index (χ2v) is 11.8. The maximum atomic E-state index is 13.4. The van der Waals surface area contributed by atoms with Gasteiger partial charge in [-0.05, 0) is 55.9 Å². The van der Waals surface area contributed by atoms with Gasteiger partial charge in [0.05, 0.1) is 23.2 Å². The van der Waals surface area contributed by atoms with Crippen molar-refractivity contribution >= 4 is 52.0 Å². The van der Waals surface area contributed by atoms with E-state index in [2.05, 4.69) is 20.2 Å². The highest BCUT2D eigenvalue weighted by molar-refractivity contribution is 8.01. The highest BCUT2D eigenvalue weighted by Crippen LogP contribution is 2.35. The van der Waals surface area contributed by atoms with E-state index in [1.165, 1.54) is 48.6 Å². The molecule has 33 heavy (non-hydrogen) atoms. The normalized spacial score (nSPS) is 17.6. The van der Waals surface area contributed by atoms with Crippen LogP contribution < -0.4 is 5.32 Å². The molecule has 3 heterocycles. The van der Waals surface area contributed by atoms with Crippen LogP contribution in [0, 0.1) is 0 Å². The van der Waals surface area contributed by atoms with Gasteiger partial charge in [-0.3, -0.25) is 5.32 Å². The lowest BCUT2D eigenvalue weighted by atomic mass is 9.92. The van der Waals surface area contributed by atoms with Crippen LogP contribution in [0.15, 0.2) is 21.8 Å². The molecule has 0 bridgehead atoms. The summed E-state index contributed by atoms with van der Waals surface area (Å²) >= 11 is 4.82. The number of carbonyl (C=O) groups excluding carboxylic acids is 2. The summed E-state index contributed by atoms with van der Waals surface area (Å²) in [7, 11) is 1.79. The van der Waals surface area contributed by atoms with E-state index in [9.17, 15) is 9.59 Å². The molecule has 1 aliphatic heterocycles. The zero-order chi connectivity index (χ0) is 23.2. The van der Waals surface area contributed by atoms with Gasteiger partial charge in [0, 0.05) is 19.1 Å². The van der Waals surface area contributed by atoms with Gasteiger partial charge in [0.1, 0.15) is 5.69 Å². The number of esters is 1. The third kappa shape index (κ3) is 6.05. The van der Waals surface area contributed by atoms with E-state index in [0.717, 1.165) is 41.4 Å². The smallest absolute Gasteiger partial charge is 0.356 e. The molecule has 0 aromatic carbocycles. The van der Waals surface area contributed by atoms with Gasteiger partial charge >= 0.3 is 12.0 Å². The van der Waals surface area contributed by atoms with E-state index in [4.69, 9.17) is 4.74 Å². The molecular formula is C22H31N5O3S3. The first-order chi connectivity index (χ1) is 16.1. The average molecular weight is 510 g/mol. The Hall–Kier alpha value is -1.72. The number of ether oxygens (including phenoxy) is 1. The maximum Gasteiger partial charge on any atom is 0.356 e. The minimum absolute atomic E-state index is 0.0220. The van der Waals surface area contributed by atoms with E-state index >= 15 is 0 Å². The van der Waals surface area contributed by atoms with Gasteiger partial charge in [0.25, 0.3) is 0 Å². The standard InChI is InChI=1S/C22H31N5O3S3/c1-3-30-19(28)17-13-24-22(26(17)2)33-18-14-23-20(32-18)25-21(29)27(15-7-5-4-6-8-15)16-9-11-31-12-10-16/h13-16H,3-12H2,1-2H3,(H,23,25,29). The van der Waals surface area contributed by atoms with Crippen LogP contribution in [0.5, 0.6) is 0 Å². The van der Waals surface area contributed by atoms with Crippen LogP contribution in [-0.4, -0.2) is 61.6 Å². The van der Waals surface area contributed by atoms with Gasteiger partial charge in [0.2, 0.25) is 0 Å². The van der Waals surface area contributed by atoms with Crippen LogP contribution in [-0.2, 0) is 11.8 Å². The first-order valence-electron chi connectivity index (χ1n) is 11.6. The summed E-state index contributed by atoms with van der Waals surface area (Å²) in [6, 6.07) is 0.623. The Labute approximate surface area is 207 Å². The van der Waals surface area contributed by atoms with E-state index in [1.54, 1.807) is 24.7 Å². The molecule has 0 spiro atoms. The zero-order valence-corrected chi connectivity index (χ0v) is 21.6. The van der Waals surface area contributed by atoms with E-state index < -0.39 is 0 Å². The molecule has 4 rings (SSSR count). The number of anilines is 1. The fraction of sp³-hybridized carbons (Fsp3) is 0.636. The summed E-state index contributed by atoms with van der Waals surface area (Å²) in [6.45, 7) is 2.10. The number of thiazole rings is 1. The lowest BCUT2D eigenvalue weighted by molar-refractivity contribution is 0.0514. The number of rotatable bonds is 7. The predicted octanol–water partition coefficient (Wildman–Crippen LogP) is 5.27. The molecule has 0 atom stereocenters. The topological polar surface area (TPSA) is 89.3 Å². The summed E-state index contributed by atoms with van der Waals surface area (Å²) in [6.07, 6.45) is 11.3. The van der Waals surface area contributed by atoms with Crippen LogP contribution in [0.2, 0.25) is 0 Å². The Morgan fingerprint density at radius 3 is 2.61 bits per heavy atom. The Morgan fingerprint density at radius 2 is 1.88 bits per heavy atom. The minimum Gasteiger partial charge on any atom is -0.461 e. The van der Waals surface area contributed by atoms with Gasteiger partial charge in [0.15, 0.2) is 10.3 Å². The van der Waals surface area contributed by atoms with Crippen molar-refractivity contribution < 1.29 is 14.3 Å². The summed E-state index contributed by atoms with van der Waals surface area (Å²) < 4.78 is 7.68. The van der Waals surface area contributed by atoms with Crippen LogP contribution in [0.4, 0.5) is 9.93 Å². The second-order valence-electron chi connectivity index (χ2n) is 8.26. The van der Waals surface area contributed by atoms with Gasteiger partial charge in [-0.25, -0.2) is 19.6 Å². The van der Waals surface area contributed by atoms with Crippen molar-refractivity contribution in [3.8, 4) is 0 Å².